The number of aryl methyl sites for hydroxylation is 1. The van der Waals surface area contributed by atoms with Gasteiger partial charge in [-0.1, -0.05) is 70.6 Å². The third-order valence-electron chi connectivity index (χ3n) is 5.29. The number of rotatable bonds is 10. The lowest BCUT2D eigenvalue weighted by Crippen LogP contribution is -2.32. The van der Waals surface area contributed by atoms with Gasteiger partial charge in [-0.05, 0) is 44.4 Å². The normalized spacial score (nSPS) is 16.4. The van der Waals surface area contributed by atoms with Crippen LogP contribution >= 0.6 is 0 Å². The minimum absolute atomic E-state index is 0.000475. The van der Waals surface area contributed by atoms with E-state index in [4.69, 9.17) is 0 Å². The van der Waals surface area contributed by atoms with Gasteiger partial charge >= 0.3 is 0 Å². The van der Waals surface area contributed by atoms with Gasteiger partial charge in [-0.25, -0.2) is 0 Å². The Balaban J connectivity index is 1.74. The van der Waals surface area contributed by atoms with Crippen LogP contribution in [0.5, 0.6) is 0 Å². The number of benzene rings is 1. The van der Waals surface area contributed by atoms with E-state index in [-0.39, 0.29) is 5.91 Å². The van der Waals surface area contributed by atoms with Crippen molar-refractivity contribution in [3.63, 3.8) is 0 Å². The summed E-state index contributed by atoms with van der Waals surface area (Å²) in [5.74, 6) is 0.000475. The van der Waals surface area contributed by atoms with Gasteiger partial charge in [0.2, 0.25) is 5.91 Å². The first kappa shape index (κ1) is 19.6. The Morgan fingerprint density at radius 2 is 1.52 bits per heavy atom. The monoisotopic (exact) mass is 342 g/mol. The third kappa shape index (κ3) is 5.10. The van der Waals surface area contributed by atoms with Gasteiger partial charge in [-0.2, -0.15) is 0 Å². The number of unbranched alkanes of at least 4 members (excludes halogenated alkanes) is 7. The van der Waals surface area contributed by atoms with Crippen molar-refractivity contribution in [3.05, 3.63) is 42.1 Å². The Morgan fingerprint density at radius 3 is 2.04 bits per heavy atom. The number of carbonyl (C=O) groups excluding carboxylic acids is 1. The van der Waals surface area contributed by atoms with E-state index in [1.807, 2.05) is 18.9 Å². The van der Waals surface area contributed by atoms with Crippen LogP contribution in [-0.4, -0.2) is 5.91 Å². The first-order valence-electron chi connectivity index (χ1n) is 9.86. The van der Waals surface area contributed by atoms with E-state index in [0.29, 0.717) is 0 Å². The molecule has 0 saturated carbocycles. The quantitative estimate of drug-likeness (QED) is 0.548. The molecule has 1 amide bonds. The first-order valence-corrected chi connectivity index (χ1v) is 9.86. The highest BCUT2D eigenvalue weighted by Gasteiger charge is 2.42. The molecule has 1 aromatic carbocycles. The van der Waals surface area contributed by atoms with Gasteiger partial charge in [0.05, 0.1) is 11.1 Å². The summed E-state index contributed by atoms with van der Waals surface area (Å²) in [4.78, 5) is 12.0. The smallest absolute Gasteiger partial charge is 0.250 e. The Hall–Kier alpha value is -1.77. The zero-order valence-electron chi connectivity index (χ0n) is 16.2. The molecule has 0 spiro atoms. The third-order valence-corrected chi connectivity index (χ3v) is 5.29. The predicted molar refractivity (Wildman–Crippen MR) is 106 cm³/mol. The zero-order valence-corrected chi connectivity index (χ0v) is 16.2. The van der Waals surface area contributed by atoms with Crippen LogP contribution in [0.4, 0.5) is 5.69 Å². The van der Waals surface area contributed by atoms with Crippen LogP contribution in [0.1, 0.15) is 77.7 Å². The van der Waals surface area contributed by atoms with Crippen LogP contribution in [0.15, 0.2) is 36.5 Å². The molecule has 138 valence electrons. The van der Waals surface area contributed by atoms with E-state index >= 15 is 0 Å². The number of hydrazine groups is 1. The molecule has 1 aliphatic heterocycles. The summed E-state index contributed by atoms with van der Waals surface area (Å²) in [5, 5.41) is 1.81. The van der Waals surface area contributed by atoms with Crippen LogP contribution in [0, 0.1) is 5.41 Å². The number of hydrogen-bond donors (Lipinski definition) is 1. The van der Waals surface area contributed by atoms with Crippen LogP contribution in [0.2, 0.25) is 0 Å². The molecule has 1 heterocycles. The maximum Gasteiger partial charge on any atom is 0.250 e. The molecule has 1 saturated heterocycles. The molecule has 25 heavy (non-hydrogen) atoms. The minimum atomic E-state index is -0.546. The van der Waals surface area contributed by atoms with Crippen molar-refractivity contribution in [3.8, 4) is 0 Å². The maximum atomic E-state index is 12.0. The molecular weight excluding hydrogens is 308 g/mol. The van der Waals surface area contributed by atoms with Crippen molar-refractivity contribution in [2.24, 2.45) is 5.41 Å². The second kappa shape index (κ2) is 9.07. The SMILES string of the molecule is C=C1N(c2ccc(CCCCCCCCCC)cc2)NC(=O)C1(C)C. The summed E-state index contributed by atoms with van der Waals surface area (Å²) in [5.41, 5.74) is 5.50. The highest BCUT2D eigenvalue weighted by molar-refractivity contribution is 5.92. The topological polar surface area (TPSA) is 32.3 Å². The number of carbonyl (C=O) groups is 1. The Morgan fingerprint density at radius 1 is 0.960 bits per heavy atom. The molecule has 0 bridgehead atoms. The number of amides is 1. The van der Waals surface area contributed by atoms with E-state index in [1.54, 1.807) is 0 Å². The van der Waals surface area contributed by atoms with Crippen molar-refractivity contribution in [1.29, 1.82) is 0 Å². The van der Waals surface area contributed by atoms with Crippen LogP contribution in [0.25, 0.3) is 0 Å². The highest BCUT2D eigenvalue weighted by Crippen LogP contribution is 2.35. The molecule has 3 nitrogen and oxygen atoms in total. The second-order valence-corrected chi connectivity index (χ2v) is 7.74. The lowest BCUT2D eigenvalue weighted by atomic mass is 9.90. The fourth-order valence-corrected chi connectivity index (χ4v) is 3.21. The molecule has 1 aromatic rings. The standard InChI is InChI=1S/C22H34N2O/c1-5-6-7-8-9-10-11-12-13-19-14-16-20(17-15-19)24-18(2)22(3,4)21(25)23-24/h14-17H,2,5-13H2,1,3-4H3,(H,23,25). The van der Waals surface area contributed by atoms with E-state index in [9.17, 15) is 4.79 Å². The molecule has 0 radical (unpaired) electrons. The molecule has 1 fully saturated rings. The number of hydrogen-bond acceptors (Lipinski definition) is 2. The number of nitrogens with one attached hydrogen (secondary N) is 1. The second-order valence-electron chi connectivity index (χ2n) is 7.74. The van der Waals surface area contributed by atoms with Crippen LogP contribution < -0.4 is 10.4 Å². The van der Waals surface area contributed by atoms with Crippen molar-refractivity contribution < 1.29 is 4.79 Å². The van der Waals surface area contributed by atoms with Gasteiger partial charge in [0.1, 0.15) is 0 Å². The van der Waals surface area contributed by atoms with E-state index < -0.39 is 5.41 Å². The van der Waals surface area contributed by atoms with Crippen LogP contribution in [-0.2, 0) is 11.2 Å². The Labute approximate surface area is 153 Å². The minimum Gasteiger partial charge on any atom is -0.272 e. The zero-order chi connectivity index (χ0) is 18.3. The van der Waals surface area contributed by atoms with Crippen molar-refractivity contribution in [2.45, 2.75) is 78.6 Å². The molecular formula is C22H34N2O. The van der Waals surface area contributed by atoms with Gasteiger partial charge in [-0.3, -0.25) is 15.2 Å². The molecule has 1 N–H and O–H groups in total. The van der Waals surface area contributed by atoms with Crippen LogP contribution in [0.3, 0.4) is 0 Å². The molecule has 0 unspecified atom stereocenters. The van der Waals surface area contributed by atoms with Crippen molar-refractivity contribution in [2.75, 3.05) is 5.01 Å². The lowest BCUT2D eigenvalue weighted by Gasteiger charge is -2.21. The Bertz CT molecular complexity index is 574. The molecule has 0 aliphatic carbocycles. The summed E-state index contributed by atoms with van der Waals surface area (Å²) in [6.45, 7) is 10.1. The maximum absolute atomic E-state index is 12.0. The van der Waals surface area contributed by atoms with Gasteiger partial charge in [0.15, 0.2) is 0 Å². The average Bonchev–Trinajstić information content (AvgIpc) is 2.81. The van der Waals surface area contributed by atoms with Gasteiger partial charge < -0.3 is 0 Å². The first-order chi connectivity index (χ1) is 12.0. The summed E-state index contributed by atoms with van der Waals surface area (Å²) < 4.78 is 0. The van der Waals surface area contributed by atoms with Gasteiger partial charge in [-0.15, -0.1) is 0 Å². The van der Waals surface area contributed by atoms with E-state index in [1.165, 1.54) is 56.9 Å². The Kier molecular flexibility index (Phi) is 7.10. The summed E-state index contributed by atoms with van der Waals surface area (Å²) >= 11 is 0. The van der Waals surface area contributed by atoms with E-state index in [2.05, 4.69) is 43.2 Å². The molecule has 0 aromatic heterocycles. The molecule has 2 rings (SSSR count). The molecule has 0 atom stereocenters. The molecule has 1 aliphatic rings. The highest BCUT2D eigenvalue weighted by atomic mass is 16.2. The number of nitrogens with zero attached hydrogens (tertiary/aromatic N) is 1. The van der Waals surface area contributed by atoms with Gasteiger partial charge in [0.25, 0.3) is 0 Å². The van der Waals surface area contributed by atoms with Crippen molar-refractivity contribution in [1.82, 2.24) is 5.43 Å². The molecule has 3 heteroatoms. The van der Waals surface area contributed by atoms with Gasteiger partial charge in [0, 0.05) is 5.70 Å². The summed E-state index contributed by atoms with van der Waals surface area (Å²) in [7, 11) is 0. The average molecular weight is 343 g/mol. The van der Waals surface area contributed by atoms with Crippen molar-refractivity contribution >= 4 is 11.6 Å². The fourth-order valence-electron chi connectivity index (χ4n) is 3.21. The van der Waals surface area contributed by atoms with E-state index in [0.717, 1.165) is 17.8 Å². The fraction of sp³-hybridized carbons (Fsp3) is 0.591. The lowest BCUT2D eigenvalue weighted by molar-refractivity contribution is -0.125. The number of anilines is 1. The largest absolute Gasteiger partial charge is 0.272 e. The summed E-state index contributed by atoms with van der Waals surface area (Å²) in [6, 6.07) is 8.49. The summed E-state index contributed by atoms with van der Waals surface area (Å²) in [6.07, 6.45) is 11.9. The predicted octanol–water partition coefficient (Wildman–Crippen LogP) is 5.76.